The van der Waals surface area contributed by atoms with Crippen LogP contribution in [-0.2, 0) is 21.5 Å². The van der Waals surface area contributed by atoms with Crippen LogP contribution in [0.1, 0.15) is 108 Å². The normalized spacial score (nSPS) is 12.7. The molecule has 0 saturated carbocycles. The van der Waals surface area contributed by atoms with Crippen LogP contribution < -0.4 is 24.3 Å². The molecule has 2 unspecified atom stereocenters. The lowest BCUT2D eigenvalue weighted by Crippen LogP contribution is -2.37. The zero-order chi connectivity index (χ0) is 38.2. The fourth-order valence-corrected chi connectivity index (χ4v) is 6.48. The minimum atomic E-state index is -0.944. The number of hydrogen-bond acceptors (Lipinski definition) is 10. The maximum atomic E-state index is 11.3. The molecule has 0 saturated heterocycles. The van der Waals surface area contributed by atoms with E-state index in [9.17, 15) is 20.2 Å². The van der Waals surface area contributed by atoms with Crippen LogP contribution in [-0.4, -0.2) is 76.6 Å². The highest BCUT2D eigenvalue weighted by Crippen LogP contribution is 2.44. The highest BCUT2D eigenvalue weighted by molar-refractivity contribution is 5.72. The molecule has 2 atom stereocenters. The second-order valence-electron chi connectivity index (χ2n) is 13.5. The van der Waals surface area contributed by atoms with Gasteiger partial charge in [-0.15, -0.1) is 10.1 Å². The first-order valence-corrected chi connectivity index (χ1v) is 18.8. The zero-order valence-corrected chi connectivity index (χ0v) is 32.4. The quantitative estimate of drug-likeness (QED) is 0.0500. The average molecular weight is 727 g/mol. The molecule has 0 heterocycles. The molecule has 12 nitrogen and oxygen atoms in total. The summed E-state index contributed by atoms with van der Waals surface area (Å²) in [4.78, 5) is 29.2. The molecule has 0 aliphatic heterocycles. The molecule has 2 rings (SSSR count). The van der Waals surface area contributed by atoms with Crippen molar-refractivity contribution in [2.45, 2.75) is 115 Å². The van der Waals surface area contributed by atoms with Crippen LogP contribution in [0.5, 0.6) is 23.0 Å². The van der Waals surface area contributed by atoms with Gasteiger partial charge in [-0.3, -0.25) is 4.79 Å². The van der Waals surface area contributed by atoms with Crippen molar-refractivity contribution in [2.24, 2.45) is 0 Å². The van der Waals surface area contributed by atoms with Crippen LogP contribution >= 0.6 is 0 Å². The molecule has 52 heavy (non-hydrogen) atoms. The summed E-state index contributed by atoms with van der Waals surface area (Å²) in [6.45, 7) is 4.97. The molecule has 12 heteroatoms. The molecule has 0 radical (unpaired) electrons. The van der Waals surface area contributed by atoms with Crippen molar-refractivity contribution in [1.29, 1.82) is 5.26 Å². The summed E-state index contributed by atoms with van der Waals surface area (Å²) in [5.74, 6) is 1.90. The lowest BCUT2D eigenvalue weighted by atomic mass is 9.73. The van der Waals surface area contributed by atoms with Crippen LogP contribution in [0.4, 0.5) is 0 Å². The molecule has 290 valence electrons. The van der Waals surface area contributed by atoms with Gasteiger partial charge in [0.1, 0.15) is 12.4 Å². The molecule has 1 amide bonds. The van der Waals surface area contributed by atoms with Crippen LogP contribution in [0.2, 0.25) is 0 Å². The molecule has 2 aromatic rings. The number of unbranched alkanes of at least 4 members (excludes halogenated alkanes) is 9. The Kier molecular flexibility index (Phi) is 21.0. The molecule has 0 bridgehead atoms. The van der Waals surface area contributed by atoms with E-state index >= 15 is 0 Å². The summed E-state index contributed by atoms with van der Waals surface area (Å²) in [6.07, 6.45) is 14.3. The number of benzene rings is 2. The molecule has 2 aromatic carbocycles. The number of likely N-dealkylation sites (N-methyl/N-ethyl adjacent to an activating group) is 1. The molecule has 0 aliphatic rings. The Balaban J connectivity index is 2.07. The molecule has 0 aliphatic carbocycles. The van der Waals surface area contributed by atoms with Gasteiger partial charge in [-0.2, -0.15) is 5.26 Å². The van der Waals surface area contributed by atoms with E-state index in [1.54, 1.807) is 21.3 Å². The molecule has 0 fully saturated rings. The number of hydrogen-bond donors (Lipinski definition) is 1. The predicted molar refractivity (Wildman–Crippen MR) is 203 cm³/mol. The minimum Gasteiger partial charge on any atom is -0.493 e. The number of para-hydroxylation sites is 1. The zero-order valence-electron chi connectivity index (χ0n) is 32.4. The molecular formula is C40H62N4O8. The minimum absolute atomic E-state index is 0.0410. The van der Waals surface area contributed by atoms with Crippen molar-refractivity contribution in [3.63, 3.8) is 0 Å². The van der Waals surface area contributed by atoms with Crippen molar-refractivity contribution in [1.82, 2.24) is 10.2 Å². The summed E-state index contributed by atoms with van der Waals surface area (Å²) >= 11 is 0. The number of nitriles is 1. The highest BCUT2D eigenvalue weighted by Gasteiger charge is 2.34. The Bertz CT molecular complexity index is 1360. The third-order valence-electron chi connectivity index (χ3n) is 9.51. The van der Waals surface area contributed by atoms with Crippen molar-refractivity contribution in [2.75, 3.05) is 54.6 Å². The summed E-state index contributed by atoms with van der Waals surface area (Å²) in [5.41, 5.74) is 1.12. The lowest BCUT2D eigenvalue weighted by Gasteiger charge is -2.30. The highest BCUT2D eigenvalue weighted by atomic mass is 17.0. The van der Waals surface area contributed by atoms with E-state index in [1.165, 1.54) is 58.3 Å². The van der Waals surface area contributed by atoms with Gasteiger partial charge in [-0.05, 0) is 68.6 Å². The third-order valence-corrected chi connectivity index (χ3v) is 9.51. The first-order chi connectivity index (χ1) is 25.1. The second kappa shape index (κ2) is 24.9. The monoisotopic (exact) mass is 726 g/mol. The van der Waals surface area contributed by atoms with Crippen LogP contribution in [0, 0.1) is 21.4 Å². The lowest BCUT2D eigenvalue weighted by molar-refractivity contribution is -0.768. The Labute approximate surface area is 311 Å². The van der Waals surface area contributed by atoms with E-state index in [0.29, 0.717) is 35.8 Å². The van der Waals surface area contributed by atoms with Crippen molar-refractivity contribution in [3.05, 3.63) is 57.6 Å². The fourth-order valence-electron chi connectivity index (χ4n) is 6.48. The maximum absolute atomic E-state index is 11.3. The van der Waals surface area contributed by atoms with Crippen molar-refractivity contribution < 1.29 is 33.7 Å². The number of rotatable bonds is 29. The molecule has 0 aromatic heterocycles. The summed E-state index contributed by atoms with van der Waals surface area (Å²) in [7, 11) is 6.84. The summed E-state index contributed by atoms with van der Waals surface area (Å²) < 4.78 is 22.9. The Morgan fingerprint density at radius 2 is 1.50 bits per heavy atom. The van der Waals surface area contributed by atoms with Crippen LogP contribution in [0.3, 0.4) is 0 Å². The second-order valence-corrected chi connectivity index (χ2v) is 13.5. The number of nitrogens with zero attached hydrogens (tertiary/aromatic N) is 3. The van der Waals surface area contributed by atoms with Crippen LogP contribution in [0.15, 0.2) is 36.4 Å². The molecule has 1 N–H and O–H groups in total. The number of carbonyl (C=O) groups is 1. The number of methoxy groups -OCH3 is 3. The van der Waals surface area contributed by atoms with Gasteiger partial charge >= 0.3 is 0 Å². The first-order valence-electron chi connectivity index (χ1n) is 18.8. The SMILES string of the molecule is CCCCCCCCCCCCC(C#N)(CCCN(C)CCc1ccccc1OCC(CNC(C)=O)O[N+](=O)[O-])c1cc(OC)c(OC)c(OC)c1. The van der Waals surface area contributed by atoms with E-state index in [2.05, 4.69) is 30.3 Å². The van der Waals surface area contributed by atoms with Crippen molar-refractivity contribution in [3.8, 4) is 29.1 Å². The van der Waals surface area contributed by atoms with E-state index in [1.807, 2.05) is 36.4 Å². The van der Waals surface area contributed by atoms with Crippen LogP contribution in [0.25, 0.3) is 0 Å². The Morgan fingerprint density at radius 1 is 0.904 bits per heavy atom. The smallest absolute Gasteiger partial charge is 0.294 e. The Hall–Kier alpha value is -4.24. The van der Waals surface area contributed by atoms with E-state index in [4.69, 9.17) is 23.8 Å². The number of nitrogens with one attached hydrogen (secondary N) is 1. The average Bonchev–Trinajstić information content (AvgIpc) is 3.14. The number of amides is 1. The van der Waals surface area contributed by atoms with Gasteiger partial charge in [0.25, 0.3) is 5.09 Å². The first kappa shape index (κ1) is 43.9. The fraction of sp³-hybridized carbons (Fsp3) is 0.650. The van der Waals surface area contributed by atoms with Gasteiger partial charge in [0, 0.05) is 20.0 Å². The van der Waals surface area contributed by atoms with Gasteiger partial charge < -0.3 is 34.0 Å². The standard InChI is InChI=1S/C40H62N4O8/c1-7-8-9-10-11-12-13-14-15-18-23-40(31-41,34-27-37(48-4)39(50-6)38(28-34)49-5)24-19-25-43(3)26-22-33-20-16-17-21-36(33)51-30-35(52-44(46)47)29-42-32(2)45/h16-17,20-21,27-28,35H,7-15,18-19,22-26,29-30H2,1-6H3,(H,42,45). The predicted octanol–water partition coefficient (Wildman–Crippen LogP) is 7.83. The van der Waals surface area contributed by atoms with E-state index in [-0.39, 0.29) is 19.1 Å². The summed E-state index contributed by atoms with van der Waals surface area (Å²) in [5, 5.41) is 23.4. The molecule has 0 spiro atoms. The van der Waals surface area contributed by atoms with E-state index < -0.39 is 16.6 Å². The van der Waals surface area contributed by atoms with Gasteiger partial charge in [-0.25, -0.2) is 0 Å². The van der Waals surface area contributed by atoms with Gasteiger partial charge in [0.2, 0.25) is 11.7 Å². The van der Waals surface area contributed by atoms with Gasteiger partial charge in [-0.1, -0.05) is 89.3 Å². The Morgan fingerprint density at radius 3 is 2.06 bits per heavy atom. The van der Waals surface area contributed by atoms with Gasteiger partial charge in [0.15, 0.2) is 17.6 Å². The maximum Gasteiger partial charge on any atom is 0.294 e. The summed E-state index contributed by atoms with van der Waals surface area (Å²) in [6, 6.07) is 14.2. The third kappa shape index (κ3) is 15.6. The van der Waals surface area contributed by atoms with Crippen molar-refractivity contribution >= 4 is 5.91 Å². The number of carbonyl (C=O) groups excluding carboxylic acids is 1. The van der Waals surface area contributed by atoms with Gasteiger partial charge in [0.05, 0.1) is 32.8 Å². The molecular weight excluding hydrogens is 664 g/mol. The topological polar surface area (TPSA) is 145 Å². The number of ether oxygens (including phenoxy) is 4. The largest absolute Gasteiger partial charge is 0.493 e. The van der Waals surface area contributed by atoms with E-state index in [0.717, 1.165) is 49.9 Å².